The van der Waals surface area contributed by atoms with Crippen LogP contribution in [0.3, 0.4) is 0 Å². The first kappa shape index (κ1) is 12.5. The normalized spacial score (nSPS) is 34.1. The van der Waals surface area contributed by atoms with E-state index in [2.05, 4.69) is 0 Å². The monoisotopic (exact) mass is 216 g/mol. The fraction of sp³-hybridized carbons (Fsp3) is 0.909. The van der Waals surface area contributed by atoms with E-state index >= 15 is 0 Å². The van der Waals surface area contributed by atoms with Crippen molar-refractivity contribution in [3.05, 3.63) is 0 Å². The lowest BCUT2D eigenvalue weighted by atomic mass is 9.74. The zero-order chi connectivity index (χ0) is 11.6. The molecule has 0 bridgehead atoms. The summed E-state index contributed by atoms with van der Waals surface area (Å²) >= 11 is 0. The number of carboxylic acid groups (broad SMARTS) is 1. The van der Waals surface area contributed by atoms with Gasteiger partial charge in [-0.15, -0.1) is 0 Å². The maximum Gasteiger partial charge on any atom is 0.309 e. The summed E-state index contributed by atoms with van der Waals surface area (Å²) in [6.45, 7) is 5.96. The Morgan fingerprint density at radius 2 is 2.13 bits per heavy atom. The van der Waals surface area contributed by atoms with Crippen molar-refractivity contribution in [3.63, 3.8) is 0 Å². The number of ether oxygens (including phenoxy) is 1. The Hall–Kier alpha value is -0.610. The molecule has 0 aliphatic carbocycles. The highest BCUT2D eigenvalue weighted by Gasteiger charge is 2.45. The lowest BCUT2D eigenvalue weighted by Gasteiger charge is -2.41. The number of aliphatic carboxylic acids is 1. The number of aliphatic hydroxyl groups is 1. The molecule has 1 aliphatic heterocycles. The van der Waals surface area contributed by atoms with Crippen LogP contribution in [0.2, 0.25) is 0 Å². The van der Waals surface area contributed by atoms with Crippen molar-refractivity contribution in [1.29, 1.82) is 0 Å². The van der Waals surface area contributed by atoms with Crippen molar-refractivity contribution >= 4 is 5.97 Å². The molecule has 0 amide bonds. The van der Waals surface area contributed by atoms with Crippen LogP contribution >= 0.6 is 0 Å². The summed E-state index contributed by atoms with van der Waals surface area (Å²) in [7, 11) is 0. The van der Waals surface area contributed by atoms with Gasteiger partial charge in [-0.05, 0) is 12.8 Å². The van der Waals surface area contributed by atoms with E-state index < -0.39 is 17.5 Å². The fourth-order valence-electron chi connectivity index (χ4n) is 2.51. The van der Waals surface area contributed by atoms with Gasteiger partial charge in [0.15, 0.2) is 0 Å². The highest BCUT2D eigenvalue weighted by atomic mass is 16.5. The van der Waals surface area contributed by atoms with Crippen LogP contribution in [0.15, 0.2) is 0 Å². The third-order valence-electron chi connectivity index (χ3n) is 3.09. The van der Waals surface area contributed by atoms with Gasteiger partial charge in [-0.3, -0.25) is 4.79 Å². The number of rotatable bonds is 3. The Morgan fingerprint density at radius 1 is 1.53 bits per heavy atom. The van der Waals surface area contributed by atoms with E-state index in [1.165, 1.54) is 0 Å². The van der Waals surface area contributed by atoms with Crippen LogP contribution in [0.25, 0.3) is 0 Å². The third kappa shape index (κ3) is 2.69. The summed E-state index contributed by atoms with van der Waals surface area (Å²) in [5.41, 5.74) is -1.11. The topological polar surface area (TPSA) is 66.8 Å². The summed E-state index contributed by atoms with van der Waals surface area (Å²) in [5, 5.41) is 19.5. The van der Waals surface area contributed by atoms with Crippen LogP contribution < -0.4 is 0 Å². The lowest BCUT2D eigenvalue weighted by molar-refractivity contribution is -0.171. The van der Waals surface area contributed by atoms with Crippen LogP contribution in [0.4, 0.5) is 0 Å². The molecule has 88 valence electrons. The molecule has 0 saturated carbocycles. The molecule has 0 aromatic rings. The minimum Gasteiger partial charge on any atom is -0.481 e. The second-order valence-electron chi connectivity index (χ2n) is 4.80. The van der Waals surface area contributed by atoms with Crippen molar-refractivity contribution in [1.82, 2.24) is 0 Å². The molecular weight excluding hydrogens is 196 g/mol. The van der Waals surface area contributed by atoms with Gasteiger partial charge >= 0.3 is 5.97 Å². The average molecular weight is 216 g/mol. The number of carbonyl (C=O) groups is 1. The largest absolute Gasteiger partial charge is 0.481 e. The van der Waals surface area contributed by atoms with Gasteiger partial charge in [0, 0.05) is 19.4 Å². The Balaban J connectivity index is 2.84. The minimum atomic E-state index is -1.11. The summed E-state index contributed by atoms with van der Waals surface area (Å²) in [5.74, 6) is -1.69. The van der Waals surface area contributed by atoms with E-state index in [-0.39, 0.29) is 12.0 Å². The maximum atomic E-state index is 11.2. The molecule has 0 spiro atoms. The van der Waals surface area contributed by atoms with Crippen molar-refractivity contribution in [2.24, 2.45) is 11.8 Å². The Labute approximate surface area is 90.2 Å². The minimum absolute atomic E-state index is 0.0654. The summed E-state index contributed by atoms with van der Waals surface area (Å²) in [6, 6.07) is 0. The fourth-order valence-corrected chi connectivity index (χ4v) is 2.51. The van der Waals surface area contributed by atoms with E-state index in [1.54, 1.807) is 0 Å². The van der Waals surface area contributed by atoms with Gasteiger partial charge in [0.2, 0.25) is 0 Å². The van der Waals surface area contributed by atoms with Gasteiger partial charge in [-0.2, -0.15) is 0 Å². The van der Waals surface area contributed by atoms with Crippen LogP contribution in [-0.4, -0.2) is 34.5 Å². The molecule has 1 rings (SSSR count). The van der Waals surface area contributed by atoms with Crippen molar-refractivity contribution < 1.29 is 19.7 Å². The zero-order valence-corrected chi connectivity index (χ0v) is 9.56. The molecule has 3 unspecified atom stereocenters. The van der Waals surface area contributed by atoms with E-state index in [9.17, 15) is 9.90 Å². The summed E-state index contributed by atoms with van der Waals surface area (Å²) in [4.78, 5) is 11.2. The van der Waals surface area contributed by atoms with Gasteiger partial charge in [0.25, 0.3) is 0 Å². The van der Waals surface area contributed by atoms with Crippen molar-refractivity contribution in [2.75, 3.05) is 6.61 Å². The van der Waals surface area contributed by atoms with Crippen molar-refractivity contribution in [3.8, 4) is 0 Å². The Bertz CT molecular complexity index is 239. The highest BCUT2D eigenvalue weighted by molar-refractivity contribution is 5.71. The predicted octanol–water partition coefficient (Wildman–Crippen LogP) is 1.27. The molecule has 1 fully saturated rings. The third-order valence-corrected chi connectivity index (χ3v) is 3.09. The molecule has 0 aromatic carbocycles. The molecule has 0 aromatic heterocycles. The van der Waals surface area contributed by atoms with E-state index in [1.807, 2.05) is 20.8 Å². The van der Waals surface area contributed by atoms with Crippen LogP contribution in [-0.2, 0) is 9.53 Å². The van der Waals surface area contributed by atoms with E-state index in [0.29, 0.717) is 19.4 Å². The number of carboxylic acids is 1. The van der Waals surface area contributed by atoms with E-state index in [0.717, 1.165) is 0 Å². The van der Waals surface area contributed by atoms with Gasteiger partial charge in [0.1, 0.15) is 0 Å². The van der Waals surface area contributed by atoms with Gasteiger partial charge in [0.05, 0.1) is 17.6 Å². The van der Waals surface area contributed by atoms with Gasteiger partial charge in [-0.25, -0.2) is 0 Å². The molecule has 1 saturated heterocycles. The smallest absolute Gasteiger partial charge is 0.309 e. The molecule has 4 nitrogen and oxygen atoms in total. The summed E-state index contributed by atoms with van der Waals surface area (Å²) in [6.07, 6.45) is 0.749. The van der Waals surface area contributed by atoms with Crippen molar-refractivity contribution in [2.45, 2.75) is 45.3 Å². The Kier molecular flexibility index (Phi) is 3.73. The first-order valence-corrected chi connectivity index (χ1v) is 5.43. The average Bonchev–Trinajstić information content (AvgIpc) is 1.99. The molecule has 4 heteroatoms. The Morgan fingerprint density at radius 3 is 2.53 bits per heavy atom. The van der Waals surface area contributed by atoms with Gasteiger partial charge in [-0.1, -0.05) is 13.8 Å². The highest BCUT2D eigenvalue weighted by Crippen LogP contribution is 2.36. The SMILES string of the molecule is CC1CC(O)(C(C(=O)O)C(C)C)CCO1. The molecule has 0 radical (unpaired) electrons. The van der Waals surface area contributed by atoms with Gasteiger partial charge < -0.3 is 14.9 Å². The van der Waals surface area contributed by atoms with E-state index in [4.69, 9.17) is 9.84 Å². The first-order valence-electron chi connectivity index (χ1n) is 5.43. The molecule has 3 atom stereocenters. The van der Waals surface area contributed by atoms with Crippen LogP contribution in [0.5, 0.6) is 0 Å². The standard InChI is InChI=1S/C11H20O4/c1-7(2)9(10(12)13)11(14)4-5-15-8(3)6-11/h7-9,14H,4-6H2,1-3H3,(H,12,13). The predicted molar refractivity (Wildman–Crippen MR) is 55.6 cm³/mol. The number of hydrogen-bond donors (Lipinski definition) is 2. The second-order valence-corrected chi connectivity index (χ2v) is 4.80. The summed E-state index contributed by atoms with van der Waals surface area (Å²) < 4.78 is 5.33. The lowest BCUT2D eigenvalue weighted by Crippen LogP contribution is -2.50. The molecule has 15 heavy (non-hydrogen) atoms. The second kappa shape index (κ2) is 4.49. The zero-order valence-electron chi connectivity index (χ0n) is 9.56. The van der Waals surface area contributed by atoms with Crippen LogP contribution in [0.1, 0.15) is 33.6 Å². The molecule has 1 aliphatic rings. The molecule has 1 heterocycles. The van der Waals surface area contributed by atoms with Crippen LogP contribution in [0, 0.1) is 11.8 Å². The molecule has 2 N–H and O–H groups in total. The first-order chi connectivity index (χ1) is 6.87. The molecular formula is C11H20O4. The quantitative estimate of drug-likeness (QED) is 0.745. The number of hydrogen-bond acceptors (Lipinski definition) is 3. The maximum absolute atomic E-state index is 11.2.